The molecule has 1 aliphatic rings. The van der Waals surface area contributed by atoms with Crippen molar-refractivity contribution < 1.29 is 5.11 Å². The Morgan fingerprint density at radius 1 is 1.19 bits per heavy atom. The third kappa shape index (κ3) is 1.86. The van der Waals surface area contributed by atoms with Crippen LogP contribution < -0.4 is 5.32 Å². The minimum absolute atomic E-state index is 0.206. The Morgan fingerprint density at radius 3 is 2.19 bits per heavy atom. The van der Waals surface area contributed by atoms with E-state index >= 15 is 0 Å². The largest absolute Gasteiger partial charge is 0.385 e. The molecule has 0 radical (unpaired) electrons. The average molecular weight is 240 g/mol. The molecule has 3 heteroatoms. The summed E-state index contributed by atoms with van der Waals surface area (Å²) in [7, 11) is 0. The fraction of sp³-hybridized carbons (Fsp3) is 0.538. The van der Waals surface area contributed by atoms with Crippen LogP contribution in [0.1, 0.15) is 19.4 Å². The topological polar surface area (TPSA) is 32.3 Å². The highest BCUT2D eigenvalue weighted by Crippen LogP contribution is 2.39. The minimum Gasteiger partial charge on any atom is -0.385 e. The molecule has 2 rings (SSSR count). The van der Waals surface area contributed by atoms with E-state index in [1.54, 1.807) is 0 Å². The van der Waals surface area contributed by atoms with Crippen LogP contribution in [0.25, 0.3) is 0 Å². The molecule has 0 aromatic heterocycles. The Labute approximate surface area is 102 Å². The van der Waals surface area contributed by atoms with Gasteiger partial charge >= 0.3 is 0 Å². The standard InChI is InChI=1S/C13H18ClNO/c1-9-7-15-8-10(2)13(9,16)11-3-5-12(14)6-4-11/h3-6,9-10,15-16H,7-8H2,1-2H3/t9-,10+,13+. The van der Waals surface area contributed by atoms with Gasteiger partial charge in [-0.05, 0) is 17.7 Å². The Balaban J connectivity index is 2.38. The van der Waals surface area contributed by atoms with Gasteiger partial charge in [-0.25, -0.2) is 0 Å². The zero-order chi connectivity index (χ0) is 11.8. The lowest BCUT2D eigenvalue weighted by atomic mass is 9.71. The van der Waals surface area contributed by atoms with Crippen LogP contribution in [-0.4, -0.2) is 18.2 Å². The Kier molecular flexibility index (Phi) is 3.24. The normalized spacial score (nSPS) is 35.0. The van der Waals surface area contributed by atoms with Gasteiger partial charge in [0.05, 0.1) is 5.60 Å². The molecule has 0 saturated carbocycles. The molecule has 2 nitrogen and oxygen atoms in total. The van der Waals surface area contributed by atoms with Crippen LogP contribution in [-0.2, 0) is 5.60 Å². The summed E-state index contributed by atoms with van der Waals surface area (Å²) in [5.74, 6) is 0.412. The summed E-state index contributed by atoms with van der Waals surface area (Å²) in [6.07, 6.45) is 0. The first kappa shape index (κ1) is 11.9. The maximum Gasteiger partial charge on any atom is 0.0971 e. The second kappa shape index (κ2) is 4.36. The fourth-order valence-corrected chi connectivity index (χ4v) is 2.73. The van der Waals surface area contributed by atoms with Crippen LogP contribution >= 0.6 is 11.6 Å². The van der Waals surface area contributed by atoms with Gasteiger partial charge in [-0.1, -0.05) is 37.6 Å². The fourth-order valence-electron chi connectivity index (χ4n) is 2.60. The van der Waals surface area contributed by atoms with Gasteiger partial charge in [0.1, 0.15) is 0 Å². The number of halogens is 1. The van der Waals surface area contributed by atoms with E-state index in [1.165, 1.54) is 0 Å². The van der Waals surface area contributed by atoms with Crippen LogP contribution in [0.5, 0.6) is 0 Å². The average Bonchev–Trinajstić information content (AvgIpc) is 2.27. The third-order valence-corrected chi connectivity index (χ3v) is 3.96. The van der Waals surface area contributed by atoms with E-state index in [9.17, 15) is 5.11 Å². The lowest BCUT2D eigenvalue weighted by molar-refractivity contribution is -0.0806. The van der Waals surface area contributed by atoms with E-state index in [2.05, 4.69) is 19.2 Å². The SMILES string of the molecule is C[C@@H]1CNC[C@H](C)[C@]1(O)c1ccc(Cl)cc1. The molecule has 1 heterocycles. The number of benzene rings is 1. The van der Waals surface area contributed by atoms with Gasteiger partial charge in [0, 0.05) is 29.9 Å². The lowest BCUT2D eigenvalue weighted by Crippen LogP contribution is -2.52. The minimum atomic E-state index is -0.740. The molecule has 88 valence electrons. The van der Waals surface area contributed by atoms with E-state index in [0.717, 1.165) is 18.7 Å². The zero-order valence-corrected chi connectivity index (χ0v) is 10.5. The first-order valence-corrected chi connectivity index (χ1v) is 6.12. The van der Waals surface area contributed by atoms with Gasteiger partial charge in [0.25, 0.3) is 0 Å². The predicted octanol–water partition coefficient (Wildman–Crippen LogP) is 2.40. The summed E-state index contributed by atoms with van der Waals surface area (Å²) in [5.41, 5.74) is 0.231. The smallest absolute Gasteiger partial charge is 0.0971 e. The molecule has 1 aromatic carbocycles. The number of nitrogens with one attached hydrogen (secondary N) is 1. The first-order valence-electron chi connectivity index (χ1n) is 5.74. The molecule has 1 saturated heterocycles. The van der Waals surface area contributed by atoms with E-state index < -0.39 is 5.60 Å². The highest BCUT2D eigenvalue weighted by molar-refractivity contribution is 6.30. The number of hydrogen-bond acceptors (Lipinski definition) is 2. The maximum atomic E-state index is 10.9. The van der Waals surface area contributed by atoms with Crippen molar-refractivity contribution in [3.63, 3.8) is 0 Å². The van der Waals surface area contributed by atoms with Gasteiger partial charge in [-0.15, -0.1) is 0 Å². The molecule has 1 fully saturated rings. The summed E-state index contributed by atoms with van der Waals surface area (Å²) in [5, 5.41) is 14.9. The first-order chi connectivity index (χ1) is 7.55. The van der Waals surface area contributed by atoms with Gasteiger partial charge < -0.3 is 10.4 Å². The molecular weight excluding hydrogens is 222 g/mol. The molecule has 3 atom stereocenters. The maximum absolute atomic E-state index is 10.9. The van der Waals surface area contributed by atoms with Crippen LogP contribution in [0.4, 0.5) is 0 Å². The molecule has 0 bridgehead atoms. The van der Waals surface area contributed by atoms with Crippen molar-refractivity contribution in [2.45, 2.75) is 19.4 Å². The van der Waals surface area contributed by atoms with Gasteiger partial charge in [-0.2, -0.15) is 0 Å². The highest BCUT2D eigenvalue weighted by atomic mass is 35.5. The second-order valence-corrected chi connectivity index (χ2v) is 5.23. The highest BCUT2D eigenvalue weighted by Gasteiger charge is 2.43. The molecule has 2 N–H and O–H groups in total. The molecule has 0 amide bonds. The van der Waals surface area contributed by atoms with Crippen LogP contribution in [0, 0.1) is 11.8 Å². The van der Waals surface area contributed by atoms with E-state index in [1.807, 2.05) is 24.3 Å². The summed E-state index contributed by atoms with van der Waals surface area (Å²) < 4.78 is 0. The quantitative estimate of drug-likeness (QED) is 0.789. The molecular formula is C13H18ClNO. The van der Waals surface area contributed by atoms with E-state index in [-0.39, 0.29) is 11.8 Å². The summed E-state index contributed by atoms with van der Waals surface area (Å²) in [6.45, 7) is 5.86. The Hall–Kier alpha value is -0.570. The summed E-state index contributed by atoms with van der Waals surface area (Å²) in [4.78, 5) is 0. The van der Waals surface area contributed by atoms with E-state index in [0.29, 0.717) is 5.02 Å². The molecule has 0 spiro atoms. The number of rotatable bonds is 1. The number of aliphatic hydroxyl groups is 1. The van der Waals surface area contributed by atoms with Gasteiger partial charge in [-0.3, -0.25) is 0 Å². The third-order valence-electron chi connectivity index (χ3n) is 3.71. The van der Waals surface area contributed by atoms with Crippen molar-refractivity contribution in [1.29, 1.82) is 0 Å². The number of piperidine rings is 1. The Bertz CT molecular complexity index is 353. The van der Waals surface area contributed by atoms with Crippen molar-refractivity contribution in [2.24, 2.45) is 11.8 Å². The van der Waals surface area contributed by atoms with Crippen molar-refractivity contribution in [1.82, 2.24) is 5.32 Å². The van der Waals surface area contributed by atoms with Crippen molar-refractivity contribution >= 4 is 11.6 Å². The lowest BCUT2D eigenvalue weighted by Gasteiger charge is -2.44. The van der Waals surface area contributed by atoms with E-state index in [4.69, 9.17) is 11.6 Å². The molecule has 0 unspecified atom stereocenters. The molecule has 0 aliphatic carbocycles. The van der Waals surface area contributed by atoms with Crippen molar-refractivity contribution in [2.75, 3.05) is 13.1 Å². The summed E-state index contributed by atoms with van der Waals surface area (Å²) in [6, 6.07) is 7.55. The summed E-state index contributed by atoms with van der Waals surface area (Å²) >= 11 is 5.87. The van der Waals surface area contributed by atoms with Gasteiger partial charge in [0.15, 0.2) is 0 Å². The monoisotopic (exact) mass is 239 g/mol. The predicted molar refractivity (Wildman–Crippen MR) is 66.5 cm³/mol. The number of hydrogen-bond donors (Lipinski definition) is 2. The second-order valence-electron chi connectivity index (χ2n) is 4.79. The Morgan fingerprint density at radius 2 is 1.69 bits per heavy atom. The molecule has 1 aromatic rings. The van der Waals surface area contributed by atoms with Crippen LogP contribution in [0.15, 0.2) is 24.3 Å². The van der Waals surface area contributed by atoms with Crippen LogP contribution in [0.2, 0.25) is 5.02 Å². The molecule has 1 aliphatic heterocycles. The zero-order valence-electron chi connectivity index (χ0n) is 9.70. The van der Waals surface area contributed by atoms with Gasteiger partial charge in [0.2, 0.25) is 0 Å². The van der Waals surface area contributed by atoms with Crippen LogP contribution in [0.3, 0.4) is 0 Å². The van der Waals surface area contributed by atoms with Crippen molar-refractivity contribution in [3.05, 3.63) is 34.9 Å². The van der Waals surface area contributed by atoms with Crippen molar-refractivity contribution in [3.8, 4) is 0 Å². The molecule has 16 heavy (non-hydrogen) atoms.